The van der Waals surface area contributed by atoms with Crippen molar-refractivity contribution >= 4 is 41.7 Å². The smallest absolute Gasteiger partial charge is 0.342 e. The number of amides is 3. The first kappa shape index (κ1) is 22.1. The number of thioether (sulfide) groups is 1. The number of hydrogen-bond donors (Lipinski definition) is 1. The third-order valence-corrected chi connectivity index (χ3v) is 4.56. The SMILES string of the molecule is CSCC[C@H](CC=O)C(=O)N[C@@H](CC(C)C)C(=O)ON1C(=O)CCC1=O. The number of nitrogens with zero attached hydrogens (tertiary/aromatic N) is 1. The molecule has 0 unspecified atom stereocenters. The monoisotopic (exact) mass is 386 g/mol. The molecule has 1 aliphatic rings. The van der Waals surface area contributed by atoms with Crippen LogP contribution in [0.15, 0.2) is 0 Å². The molecule has 9 heteroatoms. The zero-order chi connectivity index (χ0) is 19.7. The van der Waals surface area contributed by atoms with Crippen LogP contribution in [0.3, 0.4) is 0 Å². The number of carbonyl (C=O) groups is 5. The van der Waals surface area contributed by atoms with Crippen molar-refractivity contribution in [3.8, 4) is 0 Å². The van der Waals surface area contributed by atoms with Gasteiger partial charge in [-0.15, -0.1) is 5.06 Å². The van der Waals surface area contributed by atoms with E-state index in [0.29, 0.717) is 23.5 Å². The lowest BCUT2D eigenvalue weighted by Crippen LogP contribution is -2.47. The van der Waals surface area contributed by atoms with Gasteiger partial charge < -0.3 is 14.9 Å². The maximum absolute atomic E-state index is 12.5. The van der Waals surface area contributed by atoms with E-state index in [1.54, 1.807) is 11.8 Å². The second-order valence-electron chi connectivity index (χ2n) is 6.56. The first-order valence-corrected chi connectivity index (χ1v) is 10.00. The van der Waals surface area contributed by atoms with Crippen molar-refractivity contribution in [1.82, 2.24) is 10.4 Å². The Balaban J connectivity index is 2.79. The standard InChI is InChI=1S/C17H26N2O6S/c1-11(2)10-13(17(24)25-19-14(21)4-5-15(19)22)18-16(23)12(6-8-20)7-9-26-3/h8,11-13H,4-7,9-10H2,1-3H3,(H,18,23)/t12-,13-/m0/s1. The van der Waals surface area contributed by atoms with Gasteiger partial charge in [0, 0.05) is 25.2 Å². The van der Waals surface area contributed by atoms with Gasteiger partial charge in [-0.3, -0.25) is 14.4 Å². The molecule has 0 aromatic heterocycles. The number of hydroxylamine groups is 2. The zero-order valence-corrected chi connectivity index (χ0v) is 16.2. The van der Waals surface area contributed by atoms with Crippen molar-refractivity contribution in [1.29, 1.82) is 0 Å². The molecule has 0 aromatic carbocycles. The Bertz CT molecular complexity index is 535. The van der Waals surface area contributed by atoms with E-state index in [4.69, 9.17) is 4.84 Å². The van der Waals surface area contributed by atoms with Crippen LogP contribution in [0.5, 0.6) is 0 Å². The molecule has 0 bridgehead atoms. The molecular weight excluding hydrogens is 360 g/mol. The number of aldehydes is 1. The van der Waals surface area contributed by atoms with Crippen LogP contribution < -0.4 is 5.32 Å². The summed E-state index contributed by atoms with van der Waals surface area (Å²) in [4.78, 5) is 63.8. The number of carbonyl (C=O) groups excluding carboxylic acids is 5. The van der Waals surface area contributed by atoms with Crippen LogP contribution >= 0.6 is 11.8 Å². The van der Waals surface area contributed by atoms with Gasteiger partial charge in [-0.1, -0.05) is 13.8 Å². The highest BCUT2D eigenvalue weighted by Crippen LogP contribution is 2.16. The van der Waals surface area contributed by atoms with Gasteiger partial charge >= 0.3 is 5.97 Å². The van der Waals surface area contributed by atoms with Crippen molar-refractivity contribution in [2.75, 3.05) is 12.0 Å². The van der Waals surface area contributed by atoms with Gasteiger partial charge in [0.15, 0.2) is 0 Å². The quantitative estimate of drug-likeness (QED) is 0.418. The zero-order valence-electron chi connectivity index (χ0n) is 15.4. The Morgan fingerprint density at radius 2 is 1.88 bits per heavy atom. The van der Waals surface area contributed by atoms with Crippen LogP contribution in [-0.2, 0) is 28.8 Å². The molecule has 0 saturated carbocycles. The lowest BCUT2D eigenvalue weighted by molar-refractivity contribution is -0.199. The molecule has 1 heterocycles. The van der Waals surface area contributed by atoms with E-state index in [9.17, 15) is 24.0 Å². The van der Waals surface area contributed by atoms with Gasteiger partial charge in [0.2, 0.25) is 5.91 Å². The lowest BCUT2D eigenvalue weighted by atomic mass is 9.99. The van der Waals surface area contributed by atoms with E-state index in [0.717, 1.165) is 0 Å². The van der Waals surface area contributed by atoms with Gasteiger partial charge in [-0.25, -0.2) is 4.79 Å². The van der Waals surface area contributed by atoms with E-state index < -0.39 is 35.7 Å². The minimum atomic E-state index is -0.993. The molecule has 0 aromatic rings. The molecule has 2 atom stereocenters. The highest BCUT2D eigenvalue weighted by Gasteiger charge is 2.36. The summed E-state index contributed by atoms with van der Waals surface area (Å²) >= 11 is 1.56. The molecular formula is C17H26N2O6S. The van der Waals surface area contributed by atoms with Crippen molar-refractivity contribution in [2.45, 2.75) is 52.0 Å². The van der Waals surface area contributed by atoms with Crippen molar-refractivity contribution in [3.63, 3.8) is 0 Å². The summed E-state index contributed by atoms with van der Waals surface area (Å²) in [5, 5.41) is 3.09. The minimum Gasteiger partial charge on any atom is -0.342 e. The van der Waals surface area contributed by atoms with Crippen LogP contribution in [0, 0.1) is 11.8 Å². The van der Waals surface area contributed by atoms with Gasteiger partial charge in [0.25, 0.3) is 11.8 Å². The number of imide groups is 1. The number of nitrogens with one attached hydrogen (secondary N) is 1. The van der Waals surface area contributed by atoms with E-state index in [-0.39, 0.29) is 31.6 Å². The topological polar surface area (TPSA) is 110 Å². The maximum Gasteiger partial charge on any atom is 0.355 e. The minimum absolute atomic E-state index is 0.00339. The fourth-order valence-electron chi connectivity index (χ4n) is 2.52. The van der Waals surface area contributed by atoms with Crippen LogP contribution in [0.2, 0.25) is 0 Å². The molecule has 1 fully saturated rings. The van der Waals surface area contributed by atoms with Crippen LogP contribution in [0.4, 0.5) is 0 Å². The molecule has 26 heavy (non-hydrogen) atoms. The summed E-state index contributed by atoms with van der Waals surface area (Å²) in [5.41, 5.74) is 0. The molecule has 1 rings (SSSR count). The lowest BCUT2D eigenvalue weighted by Gasteiger charge is -2.23. The first-order chi connectivity index (χ1) is 12.3. The Hall–Kier alpha value is -1.90. The number of rotatable bonds is 11. The molecule has 0 aliphatic carbocycles. The first-order valence-electron chi connectivity index (χ1n) is 8.60. The number of hydrogen-bond acceptors (Lipinski definition) is 7. The summed E-state index contributed by atoms with van der Waals surface area (Å²) in [6.45, 7) is 3.74. The molecule has 146 valence electrons. The van der Waals surface area contributed by atoms with Gasteiger partial charge in [-0.2, -0.15) is 11.8 Å². The third-order valence-electron chi connectivity index (χ3n) is 3.92. The molecule has 3 amide bonds. The molecule has 8 nitrogen and oxygen atoms in total. The normalized spacial score (nSPS) is 16.5. The van der Waals surface area contributed by atoms with Crippen molar-refractivity contribution in [2.24, 2.45) is 11.8 Å². The highest BCUT2D eigenvalue weighted by atomic mass is 32.2. The Kier molecular flexibility index (Phi) is 9.32. The van der Waals surface area contributed by atoms with E-state index in [1.807, 2.05) is 20.1 Å². The average Bonchev–Trinajstić information content (AvgIpc) is 2.89. The summed E-state index contributed by atoms with van der Waals surface area (Å²) in [6, 6.07) is -0.993. The summed E-state index contributed by atoms with van der Waals surface area (Å²) in [6.07, 6.45) is 3.46. The largest absolute Gasteiger partial charge is 0.355 e. The van der Waals surface area contributed by atoms with E-state index >= 15 is 0 Å². The molecule has 1 saturated heterocycles. The molecule has 0 radical (unpaired) electrons. The fraction of sp³-hybridized carbons (Fsp3) is 0.706. The van der Waals surface area contributed by atoms with Gasteiger partial charge in [-0.05, 0) is 30.8 Å². The Morgan fingerprint density at radius 1 is 1.27 bits per heavy atom. The van der Waals surface area contributed by atoms with Crippen molar-refractivity contribution < 1.29 is 28.8 Å². The van der Waals surface area contributed by atoms with Crippen LogP contribution in [0.25, 0.3) is 0 Å². The van der Waals surface area contributed by atoms with Crippen molar-refractivity contribution in [3.05, 3.63) is 0 Å². The Labute approximate surface area is 157 Å². The van der Waals surface area contributed by atoms with Gasteiger partial charge in [0.1, 0.15) is 12.3 Å². The summed E-state index contributed by atoms with van der Waals surface area (Å²) in [7, 11) is 0. The average molecular weight is 386 g/mol. The maximum atomic E-state index is 12.5. The second-order valence-corrected chi connectivity index (χ2v) is 7.55. The fourth-order valence-corrected chi connectivity index (χ4v) is 3.04. The second kappa shape index (κ2) is 10.9. The third kappa shape index (κ3) is 6.78. The van der Waals surface area contributed by atoms with Crippen LogP contribution in [0.1, 0.15) is 46.0 Å². The van der Waals surface area contributed by atoms with Crippen LogP contribution in [-0.4, -0.2) is 53.1 Å². The van der Waals surface area contributed by atoms with E-state index in [2.05, 4.69) is 5.32 Å². The Morgan fingerprint density at radius 3 is 2.38 bits per heavy atom. The highest BCUT2D eigenvalue weighted by molar-refractivity contribution is 7.98. The van der Waals surface area contributed by atoms with Gasteiger partial charge in [0.05, 0.1) is 0 Å². The van der Waals surface area contributed by atoms with E-state index in [1.165, 1.54) is 0 Å². The molecule has 0 spiro atoms. The summed E-state index contributed by atoms with van der Waals surface area (Å²) in [5.74, 6) is -2.17. The predicted octanol–water partition coefficient (Wildman–Crippen LogP) is 1.08. The summed E-state index contributed by atoms with van der Waals surface area (Å²) < 4.78 is 0. The molecule has 1 aliphatic heterocycles. The molecule has 1 N–H and O–H groups in total. The predicted molar refractivity (Wildman–Crippen MR) is 95.7 cm³/mol.